The Bertz CT molecular complexity index is 1770. The number of sulfone groups is 1. The summed E-state index contributed by atoms with van der Waals surface area (Å²) >= 11 is 0. The zero-order chi connectivity index (χ0) is 33.6. The summed E-state index contributed by atoms with van der Waals surface area (Å²) in [6.45, 7) is 15.7. The van der Waals surface area contributed by atoms with E-state index >= 15 is 0 Å². The van der Waals surface area contributed by atoms with Crippen LogP contribution in [0.4, 0.5) is 18.9 Å². The maximum atomic E-state index is 13.1. The molecule has 2 heterocycles. The molecule has 0 saturated heterocycles. The maximum Gasteiger partial charge on any atom is 0.416 e. The summed E-state index contributed by atoms with van der Waals surface area (Å²) in [6.07, 6.45) is -1.14. The van der Waals surface area contributed by atoms with Crippen molar-refractivity contribution in [2.24, 2.45) is 0 Å². The first kappa shape index (κ1) is 36.1. The Hall–Kier alpha value is -4.12. The lowest BCUT2D eigenvalue weighted by molar-refractivity contribution is -0.385. The van der Waals surface area contributed by atoms with E-state index in [0.29, 0.717) is 16.2 Å². The predicted molar refractivity (Wildman–Crippen MR) is 168 cm³/mol. The fourth-order valence-electron chi connectivity index (χ4n) is 4.41. The number of benzene rings is 2. The second-order valence-electron chi connectivity index (χ2n) is 10.6. The van der Waals surface area contributed by atoms with Crippen molar-refractivity contribution in [1.82, 2.24) is 9.97 Å². The van der Waals surface area contributed by atoms with Gasteiger partial charge in [-0.2, -0.15) is 13.2 Å². The molecule has 7 nitrogen and oxygen atoms in total. The van der Waals surface area contributed by atoms with Gasteiger partial charge in [0.15, 0.2) is 9.84 Å². The number of aromatic nitrogens is 2. The molecule has 2 aromatic carbocycles. The number of hydrogen-bond acceptors (Lipinski definition) is 6. The van der Waals surface area contributed by atoms with Crippen molar-refractivity contribution >= 4 is 15.5 Å². The van der Waals surface area contributed by atoms with E-state index in [1.54, 1.807) is 51.2 Å². The average Bonchev–Trinajstić information content (AvgIpc) is 2.93. The summed E-state index contributed by atoms with van der Waals surface area (Å²) in [5, 5.41) is 11.5. The number of pyridine rings is 2. The van der Waals surface area contributed by atoms with Crippen LogP contribution in [0.15, 0.2) is 59.8 Å². The fourth-order valence-corrected chi connectivity index (χ4v) is 5.40. The normalized spacial score (nSPS) is 11.2. The van der Waals surface area contributed by atoms with Gasteiger partial charge in [-0.05, 0) is 107 Å². The standard InChI is InChI=1S/C16H15F3N2O2.C9H12O2S.C8H11N/c1-8-5-12(11(4)20-7-8)14-9(2)6-13(16(17,18)19)10(3)15(14)21(22)23;1-3-12(10,11)9-6-4-5-8(2)7-9;1-6-4-7(2)8(3)9-5-6/h5-7H,1-4H3;4-7H,3H2,1-2H3;4-5H,1-3H3. The molecule has 0 aliphatic rings. The number of alkyl halides is 3. The van der Waals surface area contributed by atoms with Gasteiger partial charge in [-0.25, -0.2) is 8.42 Å². The van der Waals surface area contributed by atoms with E-state index in [1.165, 1.54) is 18.1 Å². The van der Waals surface area contributed by atoms with Crippen molar-refractivity contribution in [3.8, 4) is 11.1 Å². The zero-order valence-electron chi connectivity index (χ0n) is 26.4. The van der Waals surface area contributed by atoms with Crippen LogP contribution in [0.5, 0.6) is 0 Å². The maximum absolute atomic E-state index is 13.1. The third kappa shape index (κ3) is 9.19. The van der Waals surface area contributed by atoms with E-state index in [9.17, 15) is 31.7 Å². The first-order valence-electron chi connectivity index (χ1n) is 13.8. The van der Waals surface area contributed by atoms with Crippen LogP contribution in [0.3, 0.4) is 0 Å². The SMILES string of the molecule is CCS(=O)(=O)c1cccc(C)c1.Cc1cnc(C)c(-c2c(C)cc(C(F)(F)F)c(C)c2[N+](=O)[O-])c1.Cc1cnc(C)c(C)c1. The van der Waals surface area contributed by atoms with Crippen molar-refractivity contribution in [3.05, 3.63) is 115 Å². The average molecular weight is 630 g/mol. The molecule has 0 N–H and O–H groups in total. The number of aryl methyl sites for hydroxylation is 7. The Morgan fingerprint density at radius 3 is 1.84 bits per heavy atom. The van der Waals surface area contributed by atoms with Crippen LogP contribution in [-0.4, -0.2) is 29.1 Å². The molecule has 44 heavy (non-hydrogen) atoms. The summed E-state index contributed by atoms with van der Waals surface area (Å²) < 4.78 is 62.1. The molecular weight excluding hydrogens is 591 g/mol. The Morgan fingerprint density at radius 2 is 1.36 bits per heavy atom. The van der Waals surface area contributed by atoms with Crippen molar-refractivity contribution in [2.75, 3.05) is 5.75 Å². The minimum atomic E-state index is -4.64. The van der Waals surface area contributed by atoms with Gasteiger partial charge >= 0.3 is 6.18 Å². The molecule has 2 aromatic heterocycles. The van der Waals surface area contributed by atoms with Crippen molar-refractivity contribution in [3.63, 3.8) is 0 Å². The Kier molecular flexibility index (Phi) is 11.9. The van der Waals surface area contributed by atoms with Gasteiger partial charge < -0.3 is 0 Å². The number of nitrogens with zero attached hydrogens (tertiary/aromatic N) is 3. The van der Waals surface area contributed by atoms with Crippen molar-refractivity contribution in [2.45, 2.75) is 73.4 Å². The summed E-state index contributed by atoms with van der Waals surface area (Å²) in [5.41, 5.74) is 4.89. The van der Waals surface area contributed by atoms with E-state index in [2.05, 4.69) is 29.9 Å². The summed E-state index contributed by atoms with van der Waals surface area (Å²) in [4.78, 5) is 19.5. The van der Waals surface area contributed by atoms with Gasteiger partial charge in [-0.15, -0.1) is 0 Å². The first-order valence-corrected chi connectivity index (χ1v) is 15.4. The molecule has 236 valence electrons. The van der Waals surface area contributed by atoms with Gasteiger partial charge in [0.05, 0.1) is 26.7 Å². The molecule has 0 atom stereocenters. The molecule has 4 aromatic rings. The molecule has 11 heteroatoms. The lowest BCUT2D eigenvalue weighted by Crippen LogP contribution is -2.11. The highest BCUT2D eigenvalue weighted by Crippen LogP contribution is 2.43. The van der Waals surface area contributed by atoms with E-state index < -0.39 is 32.2 Å². The summed E-state index contributed by atoms with van der Waals surface area (Å²) in [7, 11) is -3.02. The Balaban J connectivity index is 0.000000266. The zero-order valence-corrected chi connectivity index (χ0v) is 27.2. The quantitative estimate of drug-likeness (QED) is 0.165. The van der Waals surface area contributed by atoms with Gasteiger partial charge in [-0.1, -0.05) is 25.1 Å². The highest BCUT2D eigenvalue weighted by molar-refractivity contribution is 7.91. The monoisotopic (exact) mass is 629 g/mol. The second-order valence-corrected chi connectivity index (χ2v) is 12.9. The van der Waals surface area contributed by atoms with Crippen LogP contribution in [0.25, 0.3) is 11.1 Å². The Labute approximate surface area is 257 Å². The van der Waals surface area contributed by atoms with Crippen LogP contribution >= 0.6 is 0 Å². The van der Waals surface area contributed by atoms with Crippen LogP contribution in [-0.2, 0) is 16.0 Å². The van der Waals surface area contributed by atoms with Crippen LogP contribution in [0.1, 0.15) is 57.3 Å². The van der Waals surface area contributed by atoms with Crippen molar-refractivity contribution < 1.29 is 26.5 Å². The van der Waals surface area contributed by atoms with Gasteiger partial charge in [0, 0.05) is 34.9 Å². The molecule has 0 aliphatic heterocycles. The van der Waals surface area contributed by atoms with Gasteiger partial charge in [-0.3, -0.25) is 20.1 Å². The predicted octanol–water partition coefficient (Wildman–Crippen LogP) is 8.70. The van der Waals surface area contributed by atoms with Gasteiger partial charge in [0.2, 0.25) is 0 Å². The number of rotatable bonds is 4. The third-order valence-electron chi connectivity index (χ3n) is 6.94. The van der Waals surface area contributed by atoms with Gasteiger partial charge in [0.25, 0.3) is 5.69 Å². The largest absolute Gasteiger partial charge is 0.416 e. The second kappa shape index (κ2) is 14.6. The van der Waals surface area contributed by atoms with E-state index in [1.807, 2.05) is 26.1 Å². The molecule has 0 saturated carbocycles. The molecule has 0 spiro atoms. The highest BCUT2D eigenvalue weighted by Gasteiger charge is 2.37. The van der Waals surface area contributed by atoms with E-state index in [0.717, 1.165) is 29.8 Å². The first-order chi connectivity index (χ1) is 20.3. The molecular formula is C33H38F3N3O4S. The van der Waals surface area contributed by atoms with Crippen LogP contribution in [0, 0.1) is 65.5 Å². The van der Waals surface area contributed by atoms with Gasteiger partial charge in [0.1, 0.15) is 0 Å². The Morgan fingerprint density at radius 1 is 0.795 bits per heavy atom. The van der Waals surface area contributed by atoms with Crippen molar-refractivity contribution in [1.29, 1.82) is 0 Å². The number of hydrogen-bond donors (Lipinski definition) is 0. The molecule has 0 bridgehead atoms. The molecule has 0 aliphatic carbocycles. The molecule has 4 rings (SSSR count). The van der Waals surface area contributed by atoms with Crippen LogP contribution < -0.4 is 0 Å². The fraction of sp³-hybridized carbons (Fsp3) is 0.333. The minimum Gasteiger partial charge on any atom is -0.261 e. The number of nitro benzene ring substituents is 1. The van der Waals surface area contributed by atoms with E-state index in [-0.39, 0.29) is 22.4 Å². The number of nitro groups is 1. The third-order valence-corrected chi connectivity index (χ3v) is 8.67. The summed E-state index contributed by atoms with van der Waals surface area (Å²) in [5.74, 6) is 0.163. The van der Waals surface area contributed by atoms with Crippen LogP contribution in [0.2, 0.25) is 0 Å². The summed E-state index contributed by atoms with van der Waals surface area (Å²) in [6, 6.07) is 11.8. The molecule has 0 unspecified atom stereocenters. The molecule has 0 fully saturated rings. The molecule has 0 amide bonds. The molecule has 0 radical (unpaired) electrons. The highest BCUT2D eigenvalue weighted by atomic mass is 32.2. The topological polar surface area (TPSA) is 103 Å². The number of halogens is 3. The lowest BCUT2D eigenvalue weighted by atomic mass is 9.91. The lowest BCUT2D eigenvalue weighted by Gasteiger charge is -2.17. The smallest absolute Gasteiger partial charge is 0.261 e. The minimum absolute atomic E-state index is 0.163. The van der Waals surface area contributed by atoms with E-state index in [4.69, 9.17) is 0 Å².